The molecule has 0 amide bonds. The Kier molecular flexibility index (Phi) is 7.68. The van der Waals surface area contributed by atoms with Gasteiger partial charge in [0.15, 0.2) is 5.11 Å². The quantitative estimate of drug-likeness (QED) is 0.344. The number of hydrogen-bond donors (Lipinski definition) is 2. The van der Waals surface area contributed by atoms with Crippen LogP contribution < -0.4 is 10.7 Å². The van der Waals surface area contributed by atoms with Crippen molar-refractivity contribution in [2.45, 2.75) is 44.9 Å². The van der Waals surface area contributed by atoms with Crippen molar-refractivity contribution in [1.29, 1.82) is 0 Å². The lowest BCUT2D eigenvalue weighted by atomic mass is 9.90. The Labute approximate surface area is 148 Å². The van der Waals surface area contributed by atoms with E-state index in [1.165, 1.54) is 18.2 Å². The van der Waals surface area contributed by atoms with E-state index in [0.29, 0.717) is 11.5 Å². The molecule has 0 aliphatic heterocycles. The van der Waals surface area contributed by atoms with E-state index in [0.717, 1.165) is 50.8 Å². The van der Waals surface area contributed by atoms with Crippen LogP contribution in [0.5, 0.6) is 0 Å². The molecule has 0 fully saturated rings. The lowest BCUT2D eigenvalue weighted by Gasteiger charge is -2.17. The predicted molar refractivity (Wildman–Crippen MR) is 100 cm³/mol. The molecule has 0 radical (unpaired) electrons. The summed E-state index contributed by atoms with van der Waals surface area (Å²) in [5, 5.41) is 8.16. The molecule has 0 bridgehead atoms. The van der Waals surface area contributed by atoms with E-state index in [2.05, 4.69) is 38.8 Å². The van der Waals surface area contributed by atoms with Crippen LogP contribution in [0.2, 0.25) is 0 Å². The molecule has 1 aliphatic carbocycles. The van der Waals surface area contributed by atoms with Crippen LogP contribution in [-0.2, 0) is 16.0 Å². The Morgan fingerprint density at radius 2 is 2.08 bits per heavy atom. The Balaban J connectivity index is 1.67. The van der Waals surface area contributed by atoms with Gasteiger partial charge in [0.1, 0.15) is 0 Å². The molecule has 2 rings (SSSR count). The highest BCUT2D eigenvalue weighted by Gasteiger charge is 2.14. The molecule has 1 aromatic rings. The Bertz CT molecular complexity index is 602. The second kappa shape index (κ2) is 10.0. The van der Waals surface area contributed by atoms with Crippen molar-refractivity contribution in [2.75, 3.05) is 13.7 Å². The second-order valence-electron chi connectivity index (χ2n) is 5.82. The molecule has 130 valence electrons. The van der Waals surface area contributed by atoms with Gasteiger partial charge in [-0.05, 0) is 49.9 Å². The number of benzene rings is 1. The minimum atomic E-state index is -0.149. The predicted octanol–water partition coefficient (Wildman–Crippen LogP) is 2.92. The molecule has 2 N–H and O–H groups in total. The number of rotatable bonds is 7. The first-order valence-electron chi connectivity index (χ1n) is 8.46. The number of nitrogens with one attached hydrogen (secondary N) is 2. The van der Waals surface area contributed by atoms with Gasteiger partial charge in [0.05, 0.1) is 12.8 Å². The van der Waals surface area contributed by atoms with E-state index in [-0.39, 0.29) is 5.97 Å². The van der Waals surface area contributed by atoms with Gasteiger partial charge in [0.2, 0.25) is 0 Å². The number of nitrogens with zero attached hydrogens (tertiary/aromatic N) is 1. The molecule has 6 heteroatoms. The van der Waals surface area contributed by atoms with Crippen LogP contribution in [0.1, 0.15) is 49.7 Å². The number of hydrogen-bond acceptors (Lipinski definition) is 4. The van der Waals surface area contributed by atoms with E-state index in [1.807, 2.05) is 6.07 Å². The zero-order valence-corrected chi connectivity index (χ0v) is 15.0. The summed E-state index contributed by atoms with van der Waals surface area (Å²) in [5.41, 5.74) is 6.59. The minimum absolute atomic E-state index is 0.149. The first-order valence-corrected chi connectivity index (χ1v) is 8.87. The summed E-state index contributed by atoms with van der Waals surface area (Å²) in [6, 6.07) is 8.40. The number of esters is 1. The molecular formula is C18H25N3O2S. The van der Waals surface area contributed by atoms with Crippen LogP contribution in [-0.4, -0.2) is 30.4 Å². The van der Waals surface area contributed by atoms with Gasteiger partial charge in [-0.15, -0.1) is 0 Å². The van der Waals surface area contributed by atoms with Crippen molar-refractivity contribution in [3.63, 3.8) is 0 Å². The number of hydrazone groups is 1. The maximum atomic E-state index is 11.0. The Morgan fingerprint density at radius 1 is 1.25 bits per heavy atom. The molecule has 0 unspecified atom stereocenters. The highest BCUT2D eigenvalue weighted by atomic mass is 32.1. The van der Waals surface area contributed by atoms with Gasteiger partial charge in [-0.25, -0.2) is 0 Å². The maximum Gasteiger partial charge on any atom is 0.305 e. The van der Waals surface area contributed by atoms with Gasteiger partial charge < -0.3 is 10.1 Å². The zero-order valence-electron chi connectivity index (χ0n) is 14.1. The number of thiocarbonyl (C=S) groups is 1. The summed E-state index contributed by atoms with van der Waals surface area (Å²) in [6.45, 7) is 0.772. The lowest BCUT2D eigenvalue weighted by molar-refractivity contribution is -0.140. The molecule has 5 nitrogen and oxygen atoms in total. The van der Waals surface area contributed by atoms with E-state index in [4.69, 9.17) is 12.2 Å². The maximum absolute atomic E-state index is 11.0. The molecular weight excluding hydrogens is 322 g/mol. The van der Waals surface area contributed by atoms with E-state index >= 15 is 0 Å². The van der Waals surface area contributed by atoms with Crippen molar-refractivity contribution in [1.82, 2.24) is 10.7 Å². The Hall–Kier alpha value is -1.95. The van der Waals surface area contributed by atoms with E-state index < -0.39 is 0 Å². The molecule has 0 spiro atoms. The molecule has 0 atom stereocenters. The van der Waals surface area contributed by atoms with Gasteiger partial charge in [0.25, 0.3) is 0 Å². The monoisotopic (exact) mass is 347 g/mol. The van der Waals surface area contributed by atoms with Crippen molar-refractivity contribution >= 4 is 29.0 Å². The smallest absolute Gasteiger partial charge is 0.305 e. The van der Waals surface area contributed by atoms with E-state index in [9.17, 15) is 4.79 Å². The molecule has 0 aromatic heterocycles. The average molecular weight is 347 g/mol. The molecule has 24 heavy (non-hydrogen) atoms. The highest BCUT2D eigenvalue weighted by molar-refractivity contribution is 7.80. The second-order valence-corrected chi connectivity index (χ2v) is 6.23. The normalized spacial score (nSPS) is 14.8. The highest BCUT2D eigenvalue weighted by Crippen LogP contribution is 2.21. The van der Waals surface area contributed by atoms with Crippen LogP contribution in [0.25, 0.3) is 0 Å². The van der Waals surface area contributed by atoms with Gasteiger partial charge in [-0.2, -0.15) is 5.10 Å². The van der Waals surface area contributed by atoms with Gasteiger partial charge >= 0.3 is 5.97 Å². The van der Waals surface area contributed by atoms with Crippen molar-refractivity contribution in [3.8, 4) is 0 Å². The average Bonchev–Trinajstić information content (AvgIpc) is 2.62. The number of aryl methyl sites for hydroxylation is 1. The summed E-state index contributed by atoms with van der Waals surface area (Å²) >= 11 is 5.26. The third-order valence-corrected chi connectivity index (χ3v) is 4.29. The topological polar surface area (TPSA) is 62.7 Å². The largest absolute Gasteiger partial charge is 0.469 e. The fourth-order valence-corrected chi connectivity index (χ4v) is 2.90. The van der Waals surface area contributed by atoms with Crippen molar-refractivity contribution in [3.05, 3.63) is 35.4 Å². The number of methoxy groups -OCH3 is 1. The van der Waals surface area contributed by atoms with Gasteiger partial charge in [-0.3, -0.25) is 10.2 Å². The molecule has 0 saturated carbocycles. The van der Waals surface area contributed by atoms with Crippen molar-refractivity contribution < 1.29 is 9.53 Å². The number of carbonyl (C=O) groups excluding carboxylic acids is 1. The lowest BCUT2D eigenvalue weighted by Crippen LogP contribution is -2.33. The van der Waals surface area contributed by atoms with Crippen LogP contribution in [0.4, 0.5) is 0 Å². The van der Waals surface area contributed by atoms with Crippen molar-refractivity contribution in [2.24, 2.45) is 5.10 Å². The fraction of sp³-hybridized carbons (Fsp3) is 0.500. The number of carbonyl (C=O) groups is 1. The van der Waals surface area contributed by atoms with Gasteiger partial charge in [0, 0.05) is 18.5 Å². The summed E-state index contributed by atoms with van der Waals surface area (Å²) in [7, 11) is 1.42. The van der Waals surface area contributed by atoms with Crippen LogP contribution in [0.3, 0.4) is 0 Å². The zero-order chi connectivity index (χ0) is 17.2. The summed E-state index contributed by atoms with van der Waals surface area (Å²) in [6.07, 6.45) is 6.45. The SMILES string of the molecule is COC(=O)CCCCCNC(=S)N/N=C1/CCCc2ccccc21. The molecule has 0 saturated heterocycles. The fourth-order valence-electron chi connectivity index (χ4n) is 2.75. The van der Waals surface area contributed by atoms with Gasteiger partial charge in [-0.1, -0.05) is 30.7 Å². The molecule has 1 aromatic carbocycles. The van der Waals surface area contributed by atoms with Crippen LogP contribution in [0.15, 0.2) is 29.4 Å². The Morgan fingerprint density at radius 3 is 2.92 bits per heavy atom. The van der Waals surface area contributed by atoms with Crippen LogP contribution >= 0.6 is 12.2 Å². The number of ether oxygens (including phenoxy) is 1. The number of fused-ring (bicyclic) bond motifs is 1. The summed E-state index contributed by atoms with van der Waals surface area (Å²) in [4.78, 5) is 11.0. The number of unbranched alkanes of at least 4 members (excludes halogenated alkanes) is 2. The third kappa shape index (κ3) is 5.92. The minimum Gasteiger partial charge on any atom is -0.469 e. The standard InChI is InChI=1S/C18H25N3O2S/c1-23-17(22)12-3-2-6-13-19-18(24)21-20-16-11-7-9-14-8-4-5-10-15(14)16/h4-5,8,10H,2-3,6-7,9,11-13H2,1H3,(H2,19,21,24)/b20-16-. The molecule has 0 heterocycles. The summed E-state index contributed by atoms with van der Waals surface area (Å²) in [5.74, 6) is -0.149. The first-order chi connectivity index (χ1) is 11.7. The third-order valence-electron chi connectivity index (χ3n) is 4.05. The van der Waals surface area contributed by atoms with E-state index in [1.54, 1.807) is 0 Å². The first kappa shape index (κ1) is 18.4. The van der Waals surface area contributed by atoms with Crippen LogP contribution in [0, 0.1) is 0 Å². The summed E-state index contributed by atoms with van der Waals surface area (Å²) < 4.78 is 4.61. The molecule has 1 aliphatic rings.